The monoisotopic (exact) mass is 527 g/mol. The molecule has 1 atom stereocenters. The fourth-order valence-corrected chi connectivity index (χ4v) is 3.96. The number of hydrogen-bond donors (Lipinski definition) is 2. The van der Waals surface area contributed by atoms with Crippen molar-refractivity contribution >= 4 is 40.1 Å². The number of halogens is 3. The molecule has 2 N–H and O–H groups in total. The van der Waals surface area contributed by atoms with E-state index in [9.17, 15) is 23.9 Å². The van der Waals surface area contributed by atoms with Gasteiger partial charge in [-0.3, -0.25) is 0 Å². The van der Waals surface area contributed by atoms with E-state index in [1.807, 2.05) is 28.7 Å². The zero-order valence-electron chi connectivity index (χ0n) is 16.0. The first-order valence-corrected chi connectivity index (χ1v) is 10.5. The third-order valence-corrected chi connectivity index (χ3v) is 5.63. The van der Waals surface area contributed by atoms with Crippen molar-refractivity contribution in [2.75, 3.05) is 18.5 Å². The van der Waals surface area contributed by atoms with Crippen molar-refractivity contribution in [3.63, 3.8) is 0 Å². The van der Waals surface area contributed by atoms with Gasteiger partial charge in [-0.05, 0) is 66.1 Å². The molecule has 0 bridgehead atoms. The average Bonchev–Trinajstić information content (AvgIpc) is 2.70. The second-order valence-electron chi connectivity index (χ2n) is 6.95. The molecule has 1 aliphatic rings. The number of benzene rings is 2. The molecule has 1 amide bonds. The fraction of sp³-hybridized carbons (Fsp3) is 0.333. The fourth-order valence-electron chi connectivity index (χ4n) is 3.50. The first-order valence-electron chi connectivity index (χ1n) is 9.47. The van der Waals surface area contributed by atoms with Crippen molar-refractivity contribution in [2.24, 2.45) is 0 Å². The van der Waals surface area contributed by atoms with Gasteiger partial charge in [0.15, 0.2) is 0 Å². The Kier molecular flexibility index (Phi) is 7.31. The van der Waals surface area contributed by atoms with Crippen LogP contribution in [0.15, 0.2) is 30.3 Å². The van der Waals surface area contributed by atoms with E-state index in [0.29, 0.717) is 16.5 Å². The topological polar surface area (TPSA) is 85.6 Å². The lowest BCUT2D eigenvalue weighted by molar-refractivity contribution is 0.0967. The lowest BCUT2D eigenvalue weighted by Gasteiger charge is -2.33. The lowest BCUT2D eigenvalue weighted by atomic mass is 10.0. The van der Waals surface area contributed by atoms with Crippen LogP contribution in [0.2, 0.25) is 0 Å². The van der Waals surface area contributed by atoms with E-state index in [-0.39, 0.29) is 35.3 Å². The van der Waals surface area contributed by atoms with Gasteiger partial charge in [-0.2, -0.15) is 5.26 Å². The predicted molar refractivity (Wildman–Crippen MR) is 116 cm³/mol. The maximum Gasteiger partial charge on any atom is 0.407 e. The van der Waals surface area contributed by atoms with E-state index in [2.05, 4.69) is 5.32 Å². The Morgan fingerprint density at radius 1 is 1.30 bits per heavy atom. The molecule has 9 heteroatoms. The third-order valence-electron chi connectivity index (χ3n) is 4.96. The first kappa shape index (κ1) is 22.1. The van der Waals surface area contributed by atoms with Crippen molar-refractivity contribution in [1.29, 1.82) is 5.26 Å². The average molecular weight is 527 g/mol. The standard InChI is InChI=1S/C21H20F2IN3O3/c22-13-9-19(26-18-5-4-14(24)11-17(18)23)16(12-25)20(10-13)30-8-6-15-3-1-2-7-27(15)21(28)29/h4-5,9-11,15,26H,1-3,6-8H2,(H,28,29). The third kappa shape index (κ3) is 5.30. The summed E-state index contributed by atoms with van der Waals surface area (Å²) >= 11 is 1.98. The van der Waals surface area contributed by atoms with Crippen LogP contribution < -0.4 is 10.1 Å². The maximum atomic E-state index is 14.2. The summed E-state index contributed by atoms with van der Waals surface area (Å²) in [5, 5.41) is 21.6. The van der Waals surface area contributed by atoms with Crippen molar-refractivity contribution < 1.29 is 23.4 Å². The Labute approximate surface area is 186 Å². The minimum Gasteiger partial charge on any atom is -0.492 e. The number of ether oxygens (including phenoxy) is 1. The molecule has 1 aliphatic heterocycles. The molecule has 0 aromatic heterocycles. The second-order valence-corrected chi connectivity index (χ2v) is 8.20. The molecule has 2 aromatic carbocycles. The van der Waals surface area contributed by atoms with Crippen molar-refractivity contribution in [2.45, 2.75) is 31.7 Å². The van der Waals surface area contributed by atoms with E-state index in [1.165, 1.54) is 17.0 Å². The minimum atomic E-state index is -0.964. The predicted octanol–water partition coefficient (Wildman–Crippen LogP) is 5.49. The number of nitriles is 1. The Balaban J connectivity index is 1.75. The van der Waals surface area contributed by atoms with Crippen LogP contribution in [0.5, 0.6) is 5.75 Å². The van der Waals surface area contributed by atoms with Crippen molar-refractivity contribution in [3.05, 3.63) is 51.1 Å². The highest BCUT2D eigenvalue weighted by Crippen LogP contribution is 2.31. The van der Waals surface area contributed by atoms with E-state index in [0.717, 1.165) is 31.4 Å². The van der Waals surface area contributed by atoms with Gasteiger partial charge in [-0.15, -0.1) is 0 Å². The SMILES string of the molecule is N#Cc1c(Nc2ccc(I)cc2F)cc(F)cc1OCCC1CCCCN1C(=O)O. The van der Waals surface area contributed by atoms with Crippen LogP contribution in [0.4, 0.5) is 25.0 Å². The molecule has 30 heavy (non-hydrogen) atoms. The molecule has 1 fully saturated rings. The quantitative estimate of drug-likeness (QED) is 0.486. The van der Waals surface area contributed by atoms with Gasteiger partial charge in [0.25, 0.3) is 0 Å². The van der Waals surface area contributed by atoms with Gasteiger partial charge < -0.3 is 20.1 Å². The normalized spacial score (nSPS) is 16.1. The molecule has 6 nitrogen and oxygen atoms in total. The summed E-state index contributed by atoms with van der Waals surface area (Å²) < 4.78 is 34.7. The number of rotatable bonds is 6. The number of anilines is 2. The molecule has 1 saturated heterocycles. The molecule has 0 aliphatic carbocycles. The zero-order valence-corrected chi connectivity index (χ0v) is 18.2. The summed E-state index contributed by atoms with van der Waals surface area (Å²) in [6, 6.07) is 8.53. The number of piperidine rings is 1. The molecule has 158 valence electrons. The zero-order chi connectivity index (χ0) is 21.7. The number of hydrogen-bond acceptors (Lipinski definition) is 4. The number of carboxylic acid groups (broad SMARTS) is 1. The molecule has 3 rings (SSSR count). The van der Waals surface area contributed by atoms with Crippen LogP contribution in [0.3, 0.4) is 0 Å². The van der Waals surface area contributed by atoms with Gasteiger partial charge in [0.2, 0.25) is 0 Å². The van der Waals surface area contributed by atoms with E-state index < -0.39 is 17.7 Å². The number of nitrogens with one attached hydrogen (secondary N) is 1. The van der Waals surface area contributed by atoms with Gasteiger partial charge in [-0.1, -0.05) is 0 Å². The van der Waals surface area contributed by atoms with Crippen molar-refractivity contribution in [3.8, 4) is 11.8 Å². The summed E-state index contributed by atoms with van der Waals surface area (Å²) in [6.45, 7) is 0.614. The van der Waals surface area contributed by atoms with Crippen LogP contribution in [0.1, 0.15) is 31.2 Å². The highest BCUT2D eigenvalue weighted by Gasteiger charge is 2.26. The second kappa shape index (κ2) is 9.93. The van der Waals surface area contributed by atoms with Gasteiger partial charge in [0.05, 0.1) is 18.0 Å². The van der Waals surface area contributed by atoms with Crippen LogP contribution >= 0.6 is 22.6 Å². The first-order chi connectivity index (χ1) is 14.4. The molecule has 1 unspecified atom stereocenters. The molecule has 0 saturated carbocycles. The summed E-state index contributed by atoms with van der Waals surface area (Å²) in [6.07, 6.45) is 1.98. The van der Waals surface area contributed by atoms with Gasteiger partial charge in [0, 0.05) is 28.6 Å². The largest absolute Gasteiger partial charge is 0.492 e. The Morgan fingerprint density at radius 2 is 2.10 bits per heavy atom. The Morgan fingerprint density at radius 3 is 2.80 bits per heavy atom. The maximum absolute atomic E-state index is 14.2. The minimum absolute atomic E-state index is 0.0311. The summed E-state index contributed by atoms with van der Waals surface area (Å²) in [5.74, 6) is -1.13. The van der Waals surface area contributed by atoms with E-state index in [4.69, 9.17) is 4.74 Å². The van der Waals surface area contributed by atoms with Crippen LogP contribution in [-0.4, -0.2) is 35.3 Å². The van der Waals surface area contributed by atoms with Gasteiger partial charge in [0.1, 0.15) is 29.0 Å². The molecule has 0 spiro atoms. The highest BCUT2D eigenvalue weighted by molar-refractivity contribution is 14.1. The van der Waals surface area contributed by atoms with Crippen LogP contribution in [0, 0.1) is 26.5 Å². The molecular weight excluding hydrogens is 507 g/mol. The molecular formula is C21H20F2IN3O3. The van der Waals surface area contributed by atoms with Crippen molar-refractivity contribution in [1.82, 2.24) is 4.90 Å². The van der Waals surface area contributed by atoms with Crippen LogP contribution in [0.25, 0.3) is 0 Å². The van der Waals surface area contributed by atoms with E-state index in [1.54, 1.807) is 6.07 Å². The number of likely N-dealkylation sites (tertiary alicyclic amines) is 1. The van der Waals surface area contributed by atoms with Gasteiger partial charge >= 0.3 is 6.09 Å². The summed E-state index contributed by atoms with van der Waals surface area (Å²) in [4.78, 5) is 12.8. The summed E-state index contributed by atoms with van der Waals surface area (Å²) in [7, 11) is 0. The van der Waals surface area contributed by atoms with E-state index >= 15 is 0 Å². The Hall–Kier alpha value is -2.61. The lowest BCUT2D eigenvalue weighted by Crippen LogP contribution is -2.43. The number of carbonyl (C=O) groups is 1. The number of amides is 1. The number of nitrogens with zero attached hydrogens (tertiary/aromatic N) is 2. The smallest absolute Gasteiger partial charge is 0.407 e. The van der Waals surface area contributed by atoms with Gasteiger partial charge in [-0.25, -0.2) is 13.6 Å². The summed E-state index contributed by atoms with van der Waals surface area (Å²) in [5.41, 5.74) is 0.258. The Bertz CT molecular complexity index is 981. The molecule has 0 radical (unpaired) electrons. The molecule has 2 aromatic rings. The van der Waals surface area contributed by atoms with Crippen LogP contribution in [-0.2, 0) is 0 Å². The molecule has 1 heterocycles. The highest BCUT2D eigenvalue weighted by atomic mass is 127.